The van der Waals surface area contributed by atoms with Crippen LogP contribution >= 0.6 is 0 Å². The van der Waals surface area contributed by atoms with Crippen molar-refractivity contribution in [3.8, 4) is 0 Å². The lowest BCUT2D eigenvalue weighted by Gasteiger charge is -2.14. The fourth-order valence-corrected chi connectivity index (χ4v) is 1.20. The first-order chi connectivity index (χ1) is 6.07. The molecule has 0 aromatic heterocycles. The van der Waals surface area contributed by atoms with Gasteiger partial charge in [-0.05, 0) is 12.5 Å². The molecule has 0 aliphatic heterocycles. The van der Waals surface area contributed by atoms with E-state index in [1.54, 1.807) is 19.9 Å². The summed E-state index contributed by atoms with van der Waals surface area (Å²) in [7, 11) is 0. The summed E-state index contributed by atoms with van der Waals surface area (Å²) in [6, 6.07) is 0. The van der Waals surface area contributed by atoms with Crippen LogP contribution in [-0.2, 0) is 9.59 Å². The molecule has 1 aliphatic rings. The van der Waals surface area contributed by atoms with Gasteiger partial charge in [-0.1, -0.05) is 13.0 Å². The maximum atomic E-state index is 11.3. The van der Waals surface area contributed by atoms with Gasteiger partial charge in [0.05, 0.1) is 0 Å². The lowest BCUT2D eigenvalue weighted by atomic mass is 9.93. The predicted octanol–water partition coefficient (Wildman–Crippen LogP) is 1.26. The molecular weight excluding hydrogens is 170 g/mol. The molecule has 0 radical (unpaired) electrons. The van der Waals surface area contributed by atoms with Crippen molar-refractivity contribution in [3.63, 3.8) is 0 Å². The number of isocyanates is 1. The van der Waals surface area contributed by atoms with Gasteiger partial charge in [0.15, 0.2) is 11.5 Å². The highest BCUT2D eigenvalue weighted by Crippen LogP contribution is 2.24. The second-order valence-corrected chi connectivity index (χ2v) is 2.90. The molecule has 0 spiro atoms. The molecule has 0 amide bonds. The van der Waals surface area contributed by atoms with Crippen LogP contribution in [0.3, 0.4) is 0 Å². The number of aliphatic hydroxyl groups excluding tert-OH is 1. The van der Waals surface area contributed by atoms with Crippen molar-refractivity contribution < 1.29 is 14.7 Å². The number of carbonyl (C=O) groups excluding carboxylic acids is 2. The van der Waals surface area contributed by atoms with Crippen LogP contribution < -0.4 is 0 Å². The molecule has 0 bridgehead atoms. The zero-order valence-corrected chi connectivity index (χ0v) is 7.37. The minimum Gasteiger partial charge on any atom is -0.505 e. The summed E-state index contributed by atoms with van der Waals surface area (Å²) >= 11 is 0. The van der Waals surface area contributed by atoms with Crippen LogP contribution in [0.5, 0.6) is 0 Å². The summed E-state index contributed by atoms with van der Waals surface area (Å²) in [6.07, 6.45) is 2.87. The first kappa shape index (κ1) is 9.42. The highest BCUT2D eigenvalue weighted by atomic mass is 16.3. The van der Waals surface area contributed by atoms with E-state index in [1.807, 2.05) is 0 Å². The third-order valence-corrected chi connectivity index (χ3v) is 1.90. The van der Waals surface area contributed by atoms with E-state index in [-0.39, 0.29) is 23.2 Å². The summed E-state index contributed by atoms with van der Waals surface area (Å²) in [6.45, 7) is 3.33. The molecular formula is C9H9NO3. The number of ketones is 1. The average molecular weight is 179 g/mol. The SMILES string of the molecule is CC1=CC(C)C(=O)C(N=C=O)=C1O. The molecule has 1 N–H and O–H groups in total. The highest BCUT2D eigenvalue weighted by Gasteiger charge is 2.25. The molecule has 0 saturated heterocycles. The van der Waals surface area contributed by atoms with E-state index in [0.29, 0.717) is 5.57 Å². The van der Waals surface area contributed by atoms with Crippen molar-refractivity contribution in [1.82, 2.24) is 0 Å². The summed E-state index contributed by atoms with van der Waals surface area (Å²) < 4.78 is 0. The number of carbonyl (C=O) groups is 1. The van der Waals surface area contributed by atoms with Crippen LogP contribution in [0.4, 0.5) is 0 Å². The van der Waals surface area contributed by atoms with E-state index in [9.17, 15) is 14.7 Å². The number of hydrogen-bond donors (Lipinski definition) is 1. The number of nitrogens with zero attached hydrogens (tertiary/aromatic N) is 1. The van der Waals surface area contributed by atoms with E-state index in [0.717, 1.165) is 0 Å². The van der Waals surface area contributed by atoms with Gasteiger partial charge in [0.25, 0.3) is 0 Å². The van der Waals surface area contributed by atoms with Gasteiger partial charge in [-0.2, -0.15) is 4.99 Å². The normalized spacial score (nSPS) is 22.5. The molecule has 1 aliphatic carbocycles. The van der Waals surface area contributed by atoms with Gasteiger partial charge in [0.2, 0.25) is 6.08 Å². The maximum Gasteiger partial charge on any atom is 0.240 e. The predicted molar refractivity (Wildman–Crippen MR) is 45.7 cm³/mol. The van der Waals surface area contributed by atoms with Crippen molar-refractivity contribution in [3.05, 3.63) is 23.1 Å². The Hall–Kier alpha value is -1.67. The summed E-state index contributed by atoms with van der Waals surface area (Å²) in [5, 5.41) is 9.37. The third kappa shape index (κ3) is 1.58. The standard InChI is InChI=1S/C9H9NO3/c1-5-3-6(2)9(13)7(8(5)12)10-4-11/h3,5,13H,1-2H3. The minimum absolute atomic E-state index is 0.192. The Bertz CT molecular complexity index is 359. The van der Waals surface area contributed by atoms with Gasteiger partial charge in [-0.25, -0.2) is 4.79 Å². The van der Waals surface area contributed by atoms with E-state index in [1.165, 1.54) is 6.08 Å². The smallest absolute Gasteiger partial charge is 0.240 e. The lowest BCUT2D eigenvalue weighted by molar-refractivity contribution is -0.117. The Balaban J connectivity index is 3.26. The molecule has 1 atom stereocenters. The van der Waals surface area contributed by atoms with Crippen LogP contribution in [0.15, 0.2) is 28.1 Å². The Morgan fingerprint density at radius 2 is 2.23 bits per heavy atom. The second-order valence-electron chi connectivity index (χ2n) is 2.90. The van der Waals surface area contributed by atoms with Gasteiger partial charge < -0.3 is 5.11 Å². The van der Waals surface area contributed by atoms with Crippen LogP contribution in [-0.4, -0.2) is 17.0 Å². The van der Waals surface area contributed by atoms with Crippen LogP contribution in [0, 0.1) is 5.92 Å². The zero-order valence-electron chi connectivity index (χ0n) is 7.37. The maximum absolute atomic E-state index is 11.3. The Kier molecular flexibility index (Phi) is 2.44. The second kappa shape index (κ2) is 3.37. The first-order valence-corrected chi connectivity index (χ1v) is 3.82. The topological polar surface area (TPSA) is 66.7 Å². The molecule has 4 nitrogen and oxygen atoms in total. The van der Waals surface area contributed by atoms with Gasteiger partial charge in [-0.15, -0.1) is 0 Å². The van der Waals surface area contributed by atoms with Crippen molar-refractivity contribution in [1.29, 1.82) is 0 Å². The monoisotopic (exact) mass is 179 g/mol. The summed E-state index contributed by atoms with van der Waals surface area (Å²) in [4.78, 5) is 24.5. The van der Waals surface area contributed by atoms with Crippen molar-refractivity contribution >= 4 is 11.9 Å². The lowest BCUT2D eigenvalue weighted by Crippen LogP contribution is -2.17. The van der Waals surface area contributed by atoms with E-state index < -0.39 is 0 Å². The number of rotatable bonds is 1. The highest BCUT2D eigenvalue weighted by molar-refractivity contribution is 6.00. The zero-order chi connectivity index (χ0) is 10.0. The minimum atomic E-state index is -0.355. The van der Waals surface area contributed by atoms with E-state index in [2.05, 4.69) is 4.99 Å². The number of aliphatic hydroxyl groups is 1. The summed E-state index contributed by atoms with van der Waals surface area (Å²) in [5.41, 5.74) is 0.364. The number of Topliss-reactive ketones (excluding diaryl/α,β-unsaturated/α-hetero) is 1. The molecule has 1 rings (SSSR count). The van der Waals surface area contributed by atoms with Crippen LogP contribution in [0.1, 0.15) is 13.8 Å². The van der Waals surface area contributed by atoms with Crippen molar-refractivity contribution in [2.45, 2.75) is 13.8 Å². The Morgan fingerprint density at radius 3 is 2.77 bits per heavy atom. The van der Waals surface area contributed by atoms with Gasteiger partial charge in [0.1, 0.15) is 5.76 Å². The van der Waals surface area contributed by atoms with Crippen LogP contribution in [0.25, 0.3) is 0 Å². The molecule has 1 unspecified atom stereocenters. The van der Waals surface area contributed by atoms with Crippen molar-refractivity contribution in [2.24, 2.45) is 10.9 Å². The van der Waals surface area contributed by atoms with E-state index in [4.69, 9.17) is 0 Å². The fraction of sp³-hybridized carbons (Fsp3) is 0.333. The van der Waals surface area contributed by atoms with Gasteiger partial charge >= 0.3 is 0 Å². The largest absolute Gasteiger partial charge is 0.505 e. The summed E-state index contributed by atoms with van der Waals surface area (Å²) in [5.74, 6) is -0.930. The Labute approximate surface area is 75.3 Å². The van der Waals surface area contributed by atoms with E-state index >= 15 is 0 Å². The number of allylic oxidation sites excluding steroid dienone is 3. The molecule has 0 saturated carbocycles. The fourth-order valence-electron chi connectivity index (χ4n) is 1.20. The molecule has 13 heavy (non-hydrogen) atoms. The Morgan fingerprint density at radius 1 is 1.62 bits per heavy atom. The third-order valence-electron chi connectivity index (χ3n) is 1.90. The number of hydrogen-bond acceptors (Lipinski definition) is 4. The van der Waals surface area contributed by atoms with Crippen molar-refractivity contribution in [2.75, 3.05) is 0 Å². The molecule has 0 aromatic rings. The van der Waals surface area contributed by atoms with Gasteiger partial charge in [-0.3, -0.25) is 4.79 Å². The van der Waals surface area contributed by atoms with Gasteiger partial charge in [0, 0.05) is 5.92 Å². The average Bonchev–Trinajstić information content (AvgIpc) is 2.09. The quantitative estimate of drug-likeness (QED) is 0.486. The number of aliphatic imine (C=N–C) groups is 1. The first-order valence-electron chi connectivity index (χ1n) is 3.82. The molecule has 0 fully saturated rings. The molecule has 0 heterocycles. The molecule has 4 heteroatoms. The van der Waals surface area contributed by atoms with Crippen LogP contribution in [0.2, 0.25) is 0 Å². The molecule has 68 valence electrons. The molecule has 0 aromatic carbocycles.